The fraction of sp³-hybridized carbons (Fsp3) is 0.550. The molecule has 1 aromatic carbocycles. The van der Waals surface area contributed by atoms with E-state index in [-0.39, 0.29) is 30.3 Å². The van der Waals surface area contributed by atoms with Crippen LogP contribution in [0.2, 0.25) is 0 Å². The van der Waals surface area contributed by atoms with Gasteiger partial charge < -0.3 is 20.1 Å². The number of carbonyl (C=O) groups excluding carboxylic acids is 2. The number of ether oxygens (including phenoxy) is 1. The Hall–Kier alpha value is -2.57. The van der Waals surface area contributed by atoms with Crippen molar-refractivity contribution >= 4 is 17.8 Å². The Morgan fingerprint density at radius 3 is 2.52 bits per heavy atom. The lowest BCUT2D eigenvalue weighted by atomic mass is 9.96. The third-order valence-electron chi connectivity index (χ3n) is 5.03. The lowest BCUT2D eigenvalue weighted by molar-refractivity contribution is -0.139. The second-order valence-corrected chi connectivity index (χ2v) is 7.27. The van der Waals surface area contributed by atoms with E-state index in [4.69, 9.17) is 9.84 Å². The molecule has 0 spiro atoms. The maximum atomic E-state index is 12.4. The Kier molecular flexibility index (Phi) is 6.32. The molecule has 2 amide bonds. The summed E-state index contributed by atoms with van der Waals surface area (Å²) >= 11 is 0. The number of hydrogen-bond donors (Lipinski definition) is 2. The first-order chi connectivity index (χ1) is 13.0. The lowest BCUT2D eigenvalue weighted by Crippen LogP contribution is -2.46. The van der Waals surface area contributed by atoms with Crippen LogP contribution in [0.1, 0.15) is 31.2 Å². The first-order valence-electron chi connectivity index (χ1n) is 9.53. The summed E-state index contributed by atoms with van der Waals surface area (Å²) in [7, 11) is 0. The summed E-state index contributed by atoms with van der Waals surface area (Å²) in [6, 6.07) is 7.17. The predicted molar refractivity (Wildman–Crippen MR) is 98.3 cm³/mol. The molecular formula is C20H26N2O5. The van der Waals surface area contributed by atoms with Gasteiger partial charge in [0.25, 0.3) is 0 Å². The minimum Gasteiger partial charge on any atom is -0.482 e. The molecule has 2 N–H and O–H groups in total. The molecule has 0 aromatic heterocycles. The van der Waals surface area contributed by atoms with E-state index in [9.17, 15) is 14.4 Å². The second kappa shape index (κ2) is 8.88. The highest BCUT2D eigenvalue weighted by molar-refractivity contribution is 5.83. The smallest absolute Gasteiger partial charge is 0.341 e. The maximum absolute atomic E-state index is 12.4. The van der Waals surface area contributed by atoms with Gasteiger partial charge in [0.2, 0.25) is 11.8 Å². The summed E-state index contributed by atoms with van der Waals surface area (Å²) in [4.78, 5) is 37.0. The van der Waals surface area contributed by atoms with Gasteiger partial charge in [-0.2, -0.15) is 0 Å². The minimum atomic E-state index is -1.01. The average Bonchev–Trinajstić information content (AvgIpc) is 3.52. The Bertz CT molecular complexity index is 684. The van der Waals surface area contributed by atoms with Crippen molar-refractivity contribution in [3.05, 3.63) is 29.8 Å². The van der Waals surface area contributed by atoms with Gasteiger partial charge in [-0.1, -0.05) is 12.1 Å². The molecule has 1 aromatic rings. The topological polar surface area (TPSA) is 95.9 Å². The summed E-state index contributed by atoms with van der Waals surface area (Å²) in [6.45, 7) is 1.48. The summed E-state index contributed by atoms with van der Waals surface area (Å²) in [5.74, 6) is -0.181. The van der Waals surface area contributed by atoms with Crippen molar-refractivity contribution in [3.8, 4) is 5.75 Å². The third-order valence-corrected chi connectivity index (χ3v) is 5.03. The first kappa shape index (κ1) is 19.2. The highest BCUT2D eigenvalue weighted by atomic mass is 16.5. The fourth-order valence-corrected chi connectivity index (χ4v) is 3.35. The molecule has 2 aliphatic rings. The zero-order valence-electron chi connectivity index (χ0n) is 15.4. The molecule has 1 unspecified atom stereocenters. The number of nitrogens with zero attached hydrogens (tertiary/aromatic N) is 1. The molecule has 7 nitrogen and oxygen atoms in total. The number of benzene rings is 1. The van der Waals surface area contributed by atoms with Crippen LogP contribution < -0.4 is 10.1 Å². The van der Waals surface area contributed by atoms with Crippen molar-refractivity contribution in [2.75, 3.05) is 26.2 Å². The van der Waals surface area contributed by atoms with Gasteiger partial charge in [0.1, 0.15) is 5.75 Å². The number of hydrogen-bond acceptors (Lipinski definition) is 4. The van der Waals surface area contributed by atoms with Crippen LogP contribution in [-0.2, 0) is 20.8 Å². The minimum absolute atomic E-state index is 0.0182. The first-order valence-corrected chi connectivity index (χ1v) is 9.53. The van der Waals surface area contributed by atoms with Crippen LogP contribution >= 0.6 is 0 Å². The van der Waals surface area contributed by atoms with Gasteiger partial charge in [0, 0.05) is 25.6 Å². The number of piperidine rings is 1. The van der Waals surface area contributed by atoms with Crippen LogP contribution in [0, 0.1) is 11.8 Å². The number of rotatable bonds is 8. The van der Waals surface area contributed by atoms with Gasteiger partial charge in [-0.05, 0) is 49.8 Å². The molecule has 146 valence electrons. The lowest BCUT2D eigenvalue weighted by Gasteiger charge is -2.32. The number of carboxylic acids is 1. The van der Waals surface area contributed by atoms with Gasteiger partial charge in [0.15, 0.2) is 6.61 Å². The van der Waals surface area contributed by atoms with Crippen molar-refractivity contribution in [1.82, 2.24) is 10.2 Å². The zero-order valence-corrected chi connectivity index (χ0v) is 15.4. The maximum Gasteiger partial charge on any atom is 0.341 e. The molecule has 3 rings (SSSR count). The van der Waals surface area contributed by atoms with Crippen LogP contribution in [0.25, 0.3) is 0 Å². The molecule has 7 heteroatoms. The van der Waals surface area contributed by atoms with Gasteiger partial charge in [-0.25, -0.2) is 4.79 Å². The molecule has 0 bridgehead atoms. The van der Waals surface area contributed by atoms with E-state index in [2.05, 4.69) is 5.32 Å². The molecule has 0 radical (unpaired) electrons. The molecule has 1 heterocycles. The Balaban J connectivity index is 1.39. The fourth-order valence-electron chi connectivity index (χ4n) is 3.35. The summed E-state index contributed by atoms with van der Waals surface area (Å²) in [6.07, 6.45) is 4.38. The molecule has 1 aliphatic carbocycles. The summed E-state index contributed by atoms with van der Waals surface area (Å²) < 4.78 is 5.09. The normalized spacial score (nSPS) is 19.4. The number of amides is 2. The van der Waals surface area contributed by atoms with Crippen molar-refractivity contribution in [2.45, 2.75) is 32.1 Å². The van der Waals surface area contributed by atoms with Crippen molar-refractivity contribution < 1.29 is 24.2 Å². The standard InChI is InChI=1S/C20H26N2O5/c23-18(24)13-27-17-7-3-14(4-8-17)9-10-21-19(25)16-2-1-11-22(12-16)20(26)15-5-6-15/h3-4,7-8,15-16H,1-2,5-6,9-13H2,(H,21,25)(H,23,24). The van der Waals surface area contributed by atoms with Crippen molar-refractivity contribution in [2.24, 2.45) is 11.8 Å². The van der Waals surface area contributed by atoms with Gasteiger partial charge >= 0.3 is 5.97 Å². The highest BCUT2D eigenvalue weighted by Gasteiger charge is 2.36. The summed E-state index contributed by atoms with van der Waals surface area (Å²) in [5, 5.41) is 11.6. The molecule has 1 aliphatic heterocycles. The van der Waals surface area contributed by atoms with Gasteiger partial charge in [-0.15, -0.1) is 0 Å². The molecule has 2 fully saturated rings. The van der Waals surface area contributed by atoms with E-state index in [1.165, 1.54) is 0 Å². The van der Waals surface area contributed by atoms with E-state index >= 15 is 0 Å². The SMILES string of the molecule is O=C(O)COc1ccc(CCNC(=O)C2CCCN(C(=O)C3CC3)C2)cc1. The van der Waals surface area contributed by atoms with Crippen molar-refractivity contribution in [3.63, 3.8) is 0 Å². The predicted octanol–water partition coefficient (Wildman–Crippen LogP) is 1.46. The summed E-state index contributed by atoms with van der Waals surface area (Å²) in [5.41, 5.74) is 1.03. The zero-order chi connectivity index (χ0) is 19.2. The Morgan fingerprint density at radius 2 is 1.85 bits per heavy atom. The van der Waals surface area contributed by atoms with Crippen LogP contribution in [0.3, 0.4) is 0 Å². The number of nitrogens with one attached hydrogen (secondary N) is 1. The number of aliphatic carboxylic acids is 1. The van der Waals surface area contributed by atoms with E-state index in [0.717, 1.165) is 37.8 Å². The van der Waals surface area contributed by atoms with Crippen molar-refractivity contribution in [1.29, 1.82) is 0 Å². The van der Waals surface area contributed by atoms with E-state index in [1.54, 1.807) is 12.1 Å². The number of carboxylic acid groups (broad SMARTS) is 1. The van der Waals surface area contributed by atoms with Crippen LogP contribution in [0.15, 0.2) is 24.3 Å². The Morgan fingerprint density at radius 1 is 1.11 bits per heavy atom. The Labute approximate surface area is 158 Å². The van der Waals surface area contributed by atoms with Gasteiger partial charge in [0.05, 0.1) is 5.92 Å². The quantitative estimate of drug-likeness (QED) is 0.718. The highest BCUT2D eigenvalue weighted by Crippen LogP contribution is 2.32. The van der Waals surface area contributed by atoms with Gasteiger partial charge in [-0.3, -0.25) is 9.59 Å². The molecule has 1 saturated heterocycles. The molecule has 27 heavy (non-hydrogen) atoms. The average molecular weight is 374 g/mol. The third kappa shape index (κ3) is 5.70. The second-order valence-electron chi connectivity index (χ2n) is 7.27. The van der Waals surface area contributed by atoms with E-state index < -0.39 is 5.97 Å². The van der Waals surface area contributed by atoms with E-state index in [0.29, 0.717) is 25.3 Å². The van der Waals surface area contributed by atoms with Crippen LogP contribution in [0.5, 0.6) is 5.75 Å². The number of carbonyl (C=O) groups is 3. The molecular weight excluding hydrogens is 348 g/mol. The van der Waals surface area contributed by atoms with Crippen LogP contribution in [0.4, 0.5) is 0 Å². The monoisotopic (exact) mass is 374 g/mol. The van der Waals surface area contributed by atoms with E-state index in [1.807, 2.05) is 17.0 Å². The molecule has 1 atom stereocenters. The largest absolute Gasteiger partial charge is 0.482 e. The molecule has 1 saturated carbocycles. The van der Waals surface area contributed by atoms with Crippen LogP contribution in [-0.4, -0.2) is 54.0 Å². The number of likely N-dealkylation sites (tertiary alicyclic amines) is 1.